The van der Waals surface area contributed by atoms with Crippen LogP contribution in [0.3, 0.4) is 0 Å². The maximum Gasteiger partial charge on any atom is 0.313 e. The van der Waals surface area contributed by atoms with Crippen LogP contribution in [0.5, 0.6) is 0 Å². The van der Waals surface area contributed by atoms with E-state index in [0.717, 1.165) is 37.9 Å². The second-order valence-corrected chi connectivity index (χ2v) is 8.48. The first-order valence-electron chi connectivity index (χ1n) is 10.3. The van der Waals surface area contributed by atoms with E-state index in [1.54, 1.807) is 0 Å². The van der Waals surface area contributed by atoms with Crippen LogP contribution in [0.25, 0.3) is 0 Å². The van der Waals surface area contributed by atoms with E-state index in [1.807, 2.05) is 0 Å². The van der Waals surface area contributed by atoms with E-state index in [-0.39, 0.29) is 11.4 Å². The summed E-state index contributed by atoms with van der Waals surface area (Å²) in [6.07, 6.45) is 3.53. The molecule has 4 rings (SSSR count). The van der Waals surface area contributed by atoms with Crippen LogP contribution in [-0.2, 0) is 16.0 Å². The zero-order valence-electron chi connectivity index (χ0n) is 16.6. The standard InChI is InChI=1S/C25H29NO2/c1-18-14-22-17-28-24(27)25(22,15-18)16-20-8-10-23(11-9-20)26-13-12-19(2)21-6-4-3-5-7-21/h3-11,19,22,26H,1,12-17H2,2H3. The third-order valence-electron chi connectivity index (χ3n) is 6.45. The molecule has 1 saturated carbocycles. The number of carbonyl (C=O) groups is 1. The molecule has 3 unspecified atom stereocenters. The molecule has 1 saturated heterocycles. The van der Waals surface area contributed by atoms with Gasteiger partial charge in [0.25, 0.3) is 0 Å². The Kier molecular flexibility index (Phi) is 5.25. The lowest BCUT2D eigenvalue weighted by Crippen LogP contribution is -2.31. The fraction of sp³-hybridized carbons (Fsp3) is 0.400. The normalized spacial score (nSPS) is 24.7. The van der Waals surface area contributed by atoms with E-state index in [9.17, 15) is 4.79 Å². The van der Waals surface area contributed by atoms with Crippen molar-refractivity contribution in [2.75, 3.05) is 18.5 Å². The van der Waals surface area contributed by atoms with Crippen molar-refractivity contribution in [3.05, 3.63) is 77.9 Å². The number of anilines is 1. The van der Waals surface area contributed by atoms with Crippen molar-refractivity contribution in [3.63, 3.8) is 0 Å². The van der Waals surface area contributed by atoms with Gasteiger partial charge in [-0.05, 0) is 54.9 Å². The van der Waals surface area contributed by atoms with Gasteiger partial charge in [0.15, 0.2) is 0 Å². The van der Waals surface area contributed by atoms with E-state index >= 15 is 0 Å². The molecule has 3 heteroatoms. The summed E-state index contributed by atoms with van der Waals surface area (Å²) in [5.74, 6) is 0.797. The van der Waals surface area contributed by atoms with Crippen LogP contribution in [0.15, 0.2) is 66.7 Å². The molecular weight excluding hydrogens is 346 g/mol. The Balaban J connectivity index is 1.33. The summed E-state index contributed by atoms with van der Waals surface area (Å²) < 4.78 is 5.39. The van der Waals surface area contributed by atoms with Crippen molar-refractivity contribution in [1.82, 2.24) is 0 Å². The highest BCUT2D eigenvalue weighted by molar-refractivity contribution is 5.81. The van der Waals surface area contributed by atoms with Crippen molar-refractivity contribution in [2.24, 2.45) is 11.3 Å². The molecule has 0 spiro atoms. The number of allylic oxidation sites excluding steroid dienone is 1. The number of benzene rings is 2. The summed E-state index contributed by atoms with van der Waals surface area (Å²) in [5.41, 5.74) is 4.52. The van der Waals surface area contributed by atoms with E-state index in [0.29, 0.717) is 18.4 Å². The molecule has 2 fully saturated rings. The molecule has 0 amide bonds. The SMILES string of the molecule is C=C1CC2COC(=O)C2(Cc2ccc(NCCC(C)c3ccccc3)cc2)C1. The van der Waals surface area contributed by atoms with Gasteiger partial charge in [-0.15, -0.1) is 0 Å². The van der Waals surface area contributed by atoms with Gasteiger partial charge in [0.1, 0.15) is 0 Å². The molecule has 0 radical (unpaired) electrons. The third-order valence-corrected chi connectivity index (χ3v) is 6.45. The van der Waals surface area contributed by atoms with Gasteiger partial charge in [-0.2, -0.15) is 0 Å². The summed E-state index contributed by atoms with van der Waals surface area (Å²) >= 11 is 0. The number of fused-ring (bicyclic) bond motifs is 1. The zero-order chi connectivity index (χ0) is 19.6. The third kappa shape index (κ3) is 3.71. The van der Waals surface area contributed by atoms with E-state index < -0.39 is 0 Å². The molecule has 2 aliphatic rings. The largest absolute Gasteiger partial charge is 0.465 e. The molecule has 1 N–H and O–H groups in total. The molecular formula is C25H29NO2. The van der Waals surface area contributed by atoms with Crippen molar-refractivity contribution in [3.8, 4) is 0 Å². The lowest BCUT2D eigenvalue weighted by Gasteiger charge is -2.24. The number of cyclic esters (lactones) is 1. The molecule has 1 aliphatic carbocycles. The predicted octanol–water partition coefficient (Wildman–Crippen LogP) is 5.34. The topological polar surface area (TPSA) is 38.3 Å². The lowest BCUT2D eigenvalue weighted by atomic mass is 9.75. The molecule has 0 aromatic heterocycles. The Hall–Kier alpha value is -2.55. The second kappa shape index (κ2) is 7.83. The van der Waals surface area contributed by atoms with Gasteiger partial charge in [0, 0.05) is 18.2 Å². The highest BCUT2D eigenvalue weighted by Gasteiger charge is 2.55. The number of hydrogen-bond acceptors (Lipinski definition) is 3. The van der Waals surface area contributed by atoms with Crippen LogP contribution in [0.1, 0.15) is 43.2 Å². The first kappa shape index (κ1) is 18.8. The molecule has 3 atom stereocenters. The van der Waals surface area contributed by atoms with Gasteiger partial charge in [0.05, 0.1) is 12.0 Å². The minimum atomic E-state index is -0.378. The number of carbonyl (C=O) groups excluding carboxylic acids is 1. The molecule has 1 aliphatic heterocycles. The minimum absolute atomic E-state index is 0.0340. The van der Waals surface area contributed by atoms with Gasteiger partial charge in [-0.25, -0.2) is 0 Å². The molecule has 2 aromatic carbocycles. The van der Waals surface area contributed by atoms with Crippen molar-refractivity contribution < 1.29 is 9.53 Å². The quantitative estimate of drug-likeness (QED) is 0.524. The van der Waals surface area contributed by atoms with Gasteiger partial charge in [-0.1, -0.05) is 61.5 Å². The summed E-state index contributed by atoms with van der Waals surface area (Å²) in [7, 11) is 0. The van der Waals surface area contributed by atoms with E-state index in [2.05, 4.69) is 73.4 Å². The van der Waals surface area contributed by atoms with Gasteiger partial charge >= 0.3 is 5.97 Å². The summed E-state index contributed by atoms with van der Waals surface area (Å²) in [6, 6.07) is 19.2. The summed E-state index contributed by atoms with van der Waals surface area (Å²) in [6.45, 7) is 7.88. The smallest absolute Gasteiger partial charge is 0.313 e. The number of esters is 1. The van der Waals surface area contributed by atoms with Gasteiger partial charge in [-0.3, -0.25) is 4.79 Å². The Morgan fingerprint density at radius 1 is 1.18 bits per heavy atom. The molecule has 3 nitrogen and oxygen atoms in total. The first-order chi connectivity index (χ1) is 13.6. The maximum atomic E-state index is 12.4. The highest BCUT2D eigenvalue weighted by Crippen LogP contribution is 2.52. The number of ether oxygens (including phenoxy) is 1. The molecule has 28 heavy (non-hydrogen) atoms. The lowest BCUT2D eigenvalue weighted by molar-refractivity contribution is -0.146. The van der Waals surface area contributed by atoms with Gasteiger partial charge < -0.3 is 10.1 Å². The summed E-state index contributed by atoms with van der Waals surface area (Å²) in [5, 5.41) is 3.52. The molecule has 2 aromatic rings. The number of hydrogen-bond donors (Lipinski definition) is 1. The van der Waals surface area contributed by atoms with E-state index in [4.69, 9.17) is 4.74 Å². The zero-order valence-corrected chi connectivity index (χ0v) is 16.6. The minimum Gasteiger partial charge on any atom is -0.465 e. The van der Waals surface area contributed by atoms with Crippen LogP contribution in [0, 0.1) is 11.3 Å². The average Bonchev–Trinajstić information content (AvgIpc) is 3.18. The fourth-order valence-electron chi connectivity index (χ4n) is 4.75. The average molecular weight is 376 g/mol. The first-order valence-corrected chi connectivity index (χ1v) is 10.3. The Morgan fingerprint density at radius 2 is 1.93 bits per heavy atom. The summed E-state index contributed by atoms with van der Waals surface area (Å²) in [4.78, 5) is 12.4. The van der Waals surface area contributed by atoms with Crippen LogP contribution in [0.2, 0.25) is 0 Å². The second-order valence-electron chi connectivity index (χ2n) is 8.48. The van der Waals surface area contributed by atoms with Gasteiger partial charge in [0.2, 0.25) is 0 Å². The van der Waals surface area contributed by atoms with Crippen LogP contribution < -0.4 is 5.32 Å². The fourth-order valence-corrected chi connectivity index (χ4v) is 4.75. The molecule has 0 bridgehead atoms. The van der Waals surface area contributed by atoms with Crippen LogP contribution >= 0.6 is 0 Å². The van der Waals surface area contributed by atoms with Crippen LogP contribution in [-0.4, -0.2) is 19.1 Å². The molecule has 146 valence electrons. The predicted molar refractivity (Wildman–Crippen MR) is 113 cm³/mol. The van der Waals surface area contributed by atoms with Crippen molar-refractivity contribution in [1.29, 1.82) is 0 Å². The van der Waals surface area contributed by atoms with E-state index in [1.165, 1.54) is 16.7 Å². The number of rotatable bonds is 7. The van der Waals surface area contributed by atoms with Crippen LogP contribution in [0.4, 0.5) is 5.69 Å². The van der Waals surface area contributed by atoms with Crippen molar-refractivity contribution >= 4 is 11.7 Å². The van der Waals surface area contributed by atoms with Crippen molar-refractivity contribution in [2.45, 2.75) is 38.5 Å². The molecule has 1 heterocycles. The maximum absolute atomic E-state index is 12.4. The Bertz CT molecular complexity index is 843. The monoisotopic (exact) mass is 375 g/mol. The Morgan fingerprint density at radius 3 is 2.68 bits per heavy atom. The Labute approximate surface area is 167 Å². The highest BCUT2D eigenvalue weighted by atomic mass is 16.5. The number of nitrogens with one attached hydrogen (secondary N) is 1.